The normalized spacial score (nSPS) is 10.5. The van der Waals surface area contributed by atoms with E-state index in [1.807, 2.05) is 18.2 Å². The smallest absolute Gasteiger partial charge is 0.313 e. The fourth-order valence-electron chi connectivity index (χ4n) is 1.80. The molecule has 0 saturated carbocycles. The summed E-state index contributed by atoms with van der Waals surface area (Å²) in [5.74, 6) is 0. The highest BCUT2D eigenvalue weighted by molar-refractivity contribution is 7.99. The molecule has 0 radical (unpaired) electrons. The van der Waals surface area contributed by atoms with Crippen LogP contribution < -0.4 is 11.0 Å². The van der Waals surface area contributed by atoms with Crippen LogP contribution in [0.15, 0.2) is 33.0 Å². The highest BCUT2D eigenvalue weighted by atomic mass is 32.2. The molecule has 2 rings (SSSR count). The molecular formula is C14H17N5OS. The lowest BCUT2D eigenvalue weighted by Gasteiger charge is -2.07. The lowest BCUT2D eigenvalue weighted by atomic mass is 10.1. The van der Waals surface area contributed by atoms with E-state index in [9.17, 15) is 10.1 Å². The Labute approximate surface area is 127 Å². The Morgan fingerprint density at radius 1 is 1.52 bits per heavy atom. The summed E-state index contributed by atoms with van der Waals surface area (Å²) in [6, 6.07) is 7.95. The van der Waals surface area contributed by atoms with Crippen LogP contribution in [0.4, 0.5) is 0 Å². The maximum atomic E-state index is 11.3. The van der Waals surface area contributed by atoms with E-state index >= 15 is 0 Å². The lowest BCUT2D eigenvalue weighted by Crippen LogP contribution is -2.14. The van der Waals surface area contributed by atoms with Crippen molar-refractivity contribution in [1.29, 1.82) is 5.26 Å². The summed E-state index contributed by atoms with van der Waals surface area (Å²) in [4.78, 5) is 12.1. The van der Waals surface area contributed by atoms with Crippen molar-refractivity contribution >= 4 is 11.8 Å². The van der Waals surface area contributed by atoms with Crippen molar-refractivity contribution in [3.8, 4) is 6.07 Å². The molecule has 1 aromatic carbocycles. The minimum atomic E-state index is -0.267. The molecule has 0 aliphatic rings. The molecule has 0 saturated heterocycles. The number of aromatic nitrogens is 3. The first-order chi connectivity index (χ1) is 10.2. The van der Waals surface area contributed by atoms with Gasteiger partial charge in [-0.15, -0.1) is 5.10 Å². The Kier molecular flexibility index (Phi) is 5.20. The summed E-state index contributed by atoms with van der Waals surface area (Å²) in [7, 11) is 1.64. The molecule has 0 unspecified atom stereocenters. The zero-order valence-corrected chi connectivity index (χ0v) is 12.8. The van der Waals surface area contributed by atoms with Gasteiger partial charge in [-0.25, -0.2) is 9.89 Å². The molecule has 0 aliphatic heterocycles. The average molecular weight is 303 g/mol. The lowest BCUT2D eigenvalue weighted by molar-refractivity contribution is 0.675. The van der Waals surface area contributed by atoms with Crippen molar-refractivity contribution in [1.82, 2.24) is 20.1 Å². The van der Waals surface area contributed by atoms with E-state index < -0.39 is 0 Å². The minimum absolute atomic E-state index is 0.267. The van der Waals surface area contributed by atoms with E-state index in [0.717, 1.165) is 30.0 Å². The van der Waals surface area contributed by atoms with Crippen molar-refractivity contribution in [2.24, 2.45) is 7.05 Å². The predicted octanol–water partition coefficient (Wildman–Crippen LogP) is 1.63. The molecule has 2 aromatic rings. The van der Waals surface area contributed by atoms with Gasteiger partial charge in [0.1, 0.15) is 6.07 Å². The second kappa shape index (κ2) is 7.11. The summed E-state index contributed by atoms with van der Waals surface area (Å²) in [5, 5.41) is 19.4. The molecule has 0 bridgehead atoms. The van der Waals surface area contributed by atoms with E-state index in [1.165, 1.54) is 16.3 Å². The van der Waals surface area contributed by atoms with Crippen molar-refractivity contribution in [3.63, 3.8) is 0 Å². The minimum Gasteiger partial charge on any atom is -0.313 e. The number of hydrogen-bond donors (Lipinski definition) is 2. The third-order valence-corrected chi connectivity index (χ3v) is 4.08. The molecule has 0 fully saturated rings. The first-order valence-corrected chi connectivity index (χ1v) is 7.50. The van der Waals surface area contributed by atoms with Crippen LogP contribution in [0.25, 0.3) is 0 Å². The molecule has 0 spiro atoms. The summed E-state index contributed by atoms with van der Waals surface area (Å²) in [6.07, 6.45) is 1.08. The van der Waals surface area contributed by atoms with Crippen LogP contribution in [0.2, 0.25) is 0 Å². The van der Waals surface area contributed by atoms with Gasteiger partial charge >= 0.3 is 5.69 Å². The Bertz CT molecular complexity index is 713. The van der Waals surface area contributed by atoms with Gasteiger partial charge in [-0.2, -0.15) is 5.26 Å². The number of rotatable bonds is 6. The van der Waals surface area contributed by atoms with Gasteiger partial charge < -0.3 is 5.32 Å². The summed E-state index contributed by atoms with van der Waals surface area (Å²) in [6.45, 7) is 3.81. The zero-order valence-electron chi connectivity index (χ0n) is 12.0. The van der Waals surface area contributed by atoms with Crippen LogP contribution in [0.5, 0.6) is 0 Å². The van der Waals surface area contributed by atoms with Crippen LogP contribution in [0.1, 0.15) is 24.5 Å². The third-order valence-electron chi connectivity index (χ3n) is 2.96. The topological polar surface area (TPSA) is 86.5 Å². The maximum absolute atomic E-state index is 11.3. The molecule has 110 valence electrons. The Morgan fingerprint density at radius 3 is 2.95 bits per heavy atom. The van der Waals surface area contributed by atoms with Crippen molar-refractivity contribution in [2.45, 2.75) is 29.9 Å². The summed E-state index contributed by atoms with van der Waals surface area (Å²) < 4.78 is 1.42. The van der Waals surface area contributed by atoms with E-state index in [0.29, 0.717) is 10.7 Å². The second-order valence-electron chi connectivity index (χ2n) is 4.59. The number of nitriles is 1. The van der Waals surface area contributed by atoms with E-state index in [2.05, 4.69) is 28.5 Å². The number of hydrogen-bond acceptors (Lipinski definition) is 5. The molecule has 0 amide bonds. The predicted molar refractivity (Wildman–Crippen MR) is 81.1 cm³/mol. The van der Waals surface area contributed by atoms with Crippen molar-refractivity contribution < 1.29 is 0 Å². The highest BCUT2D eigenvalue weighted by Gasteiger charge is 2.10. The SMILES string of the molecule is CCCNCc1ccc(Sc2n[nH]c(=O)n2C)c(C#N)c1. The first kappa shape index (κ1) is 15.4. The van der Waals surface area contributed by atoms with Gasteiger partial charge in [0.15, 0.2) is 5.16 Å². The number of nitrogens with one attached hydrogen (secondary N) is 2. The van der Waals surface area contributed by atoms with Crippen LogP contribution in [0, 0.1) is 11.3 Å². The van der Waals surface area contributed by atoms with Gasteiger partial charge in [-0.05, 0) is 42.4 Å². The van der Waals surface area contributed by atoms with Gasteiger partial charge in [-0.3, -0.25) is 4.57 Å². The fraction of sp³-hybridized carbons (Fsp3) is 0.357. The number of benzene rings is 1. The summed E-state index contributed by atoms with van der Waals surface area (Å²) in [5.41, 5.74) is 1.39. The fourth-order valence-corrected chi connectivity index (χ4v) is 2.65. The molecular weight excluding hydrogens is 286 g/mol. The van der Waals surface area contributed by atoms with E-state index in [-0.39, 0.29) is 5.69 Å². The molecule has 21 heavy (non-hydrogen) atoms. The highest BCUT2D eigenvalue weighted by Crippen LogP contribution is 2.28. The average Bonchev–Trinajstić information content (AvgIpc) is 2.81. The van der Waals surface area contributed by atoms with Gasteiger partial charge in [0.25, 0.3) is 0 Å². The molecule has 7 heteroatoms. The van der Waals surface area contributed by atoms with Crippen LogP contribution in [-0.4, -0.2) is 21.3 Å². The number of aromatic amines is 1. The van der Waals surface area contributed by atoms with Gasteiger partial charge in [0.05, 0.1) is 5.56 Å². The largest absolute Gasteiger partial charge is 0.343 e. The first-order valence-electron chi connectivity index (χ1n) is 6.68. The van der Waals surface area contributed by atoms with E-state index in [4.69, 9.17) is 0 Å². The van der Waals surface area contributed by atoms with Crippen LogP contribution in [0.3, 0.4) is 0 Å². The Hall–Kier alpha value is -2.04. The Balaban J connectivity index is 2.19. The Morgan fingerprint density at radius 2 is 2.33 bits per heavy atom. The molecule has 1 heterocycles. The van der Waals surface area contributed by atoms with E-state index in [1.54, 1.807) is 7.05 Å². The molecule has 0 aliphatic carbocycles. The van der Waals surface area contributed by atoms with Gasteiger partial charge in [0, 0.05) is 18.5 Å². The van der Waals surface area contributed by atoms with Crippen LogP contribution >= 0.6 is 11.8 Å². The zero-order chi connectivity index (χ0) is 15.2. The third kappa shape index (κ3) is 3.74. The molecule has 0 atom stereocenters. The number of H-pyrrole nitrogens is 1. The molecule has 6 nitrogen and oxygen atoms in total. The van der Waals surface area contributed by atoms with Crippen molar-refractivity contribution in [3.05, 3.63) is 39.8 Å². The quantitative estimate of drug-likeness (QED) is 0.792. The maximum Gasteiger partial charge on any atom is 0.343 e. The standard InChI is InChI=1S/C14H17N5OS/c1-3-6-16-9-10-4-5-12(11(7-10)8-15)21-14-18-17-13(20)19(14)2/h4-5,7,16H,3,6,9H2,1-2H3,(H,17,20). The van der Waals surface area contributed by atoms with Crippen molar-refractivity contribution in [2.75, 3.05) is 6.54 Å². The monoisotopic (exact) mass is 303 g/mol. The number of nitrogens with zero attached hydrogens (tertiary/aromatic N) is 3. The van der Waals surface area contributed by atoms with Gasteiger partial charge in [-0.1, -0.05) is 13.0 Å². The summed E-state index contributed by atoms with van der Waals surface area (Å²) >= 11 is 1.30. The molecule has 2 N–H and O–H groups in total. The van der Waals surface area contributed by atoms with Crippen LogP contribution in [-0.2, 0) is 13.6 Å². The van der Waals surface area contributed by atoms with Gasteiger partial charge in [0.2, 0.25) is 0 Å². The molecule has 1 aromatic heterocycles. The second-order valence-corrected chi connectivity index (χ2v) is 5.60.